The first-order chi connectivity index (χ1) is 10.5. The molecule has 0 aliphatic rings. The number of rotatable bonds is 5. The van der Waals surface area contributed by atoms with E-state index in [1.54, 1.807) is 18.4 Å². The Labute approximate surface area is 134 Å². The van der Waals surface area contributed by atoms with Gasteiger partial charge in [-0.05, 0) is 11.4 Å². The van der Waals surface area contributed by atoms with Crippen LogP contribution in [0.4, 0.5) is 13.2 Å². The zero-order valence-electron chi connectivity index (χ0n) is 11.8. The van der Waals surface area contributed by atoms with E-state index in [2.05, 4.69) is 20.6 Å². The molecule has 0 aromatic carbocycles. The average molecular weight is 348 g/mol. The van der Waals surface area contributed by atoms with Gasteiger partial charge in [-0.25, -0.2) is 4.98 Å². The summed E-state index contributed by atoms with van der Waals surface area (Å²) in [4.78, 5) is 8.83. The molecule has 0 fully saturated rings. The fourth-order valence-electron chi connectivity index (χ4n) is 1.65. The van der Waals surface area contributed by atoms with Crippen molar-refractivity contribution in [1.82, 2.24) is 15.6 Å². The highest BCUT2D eigenvalue weighted by atomic mass is 32.1. The van der Waals surface area contributed by atoms with Crippen molar-refractivity contribution in [2.75, 3.05) is 13.6 Å². The maximum atomic E-state index is 12.4. The molecular formula is C13H15F3N4S2. The minimum absolute atomic E-state index is 0.417. The van der Waals surface area contributed by atoms with Gasteiger partial charge >= 0.3 is 6.18 Å². The van der Waals surface area contributed by atoms with Gasteiger partial charge in [0, 0.05) is 30.3 Å². The Morgan fingerprint density at radius 1 is 1.32 bits per heavy atom. The molecule has 22 heavy (non-hydrogen) atoms. The van der Waals surface area contributed by atoms with Crippen LogP contribution < -0.4 is 10.6 Å². The van der Waals surface area contributed by atoms with E-state index in [1.165, 1.54) is 4.88 Å². The minimum Gasteiger partial charge on any atom is -0.356 e. The molecule has 0 saturated heterocycles. The monoisotopic (exact) mass is 348 g/mol. The lowest BCUT2D eigenvalue weighted by atomic mass is 10.4. The first kappa shape index (κ1) is 16.8. The molecule has 0 saturated carbocycles. The third-order valence-electron chi connectivity index (χ3n) is 2.71. The Bertz CT molecular complexity index is 605. The molecule has 0 amide bonds. The van der Waals surface area contributed by atoms with Gasteiger partial charge in [-0.15, -0.1) is 22.7 Å². The molecule has 2 aromatic heterocycles. The van der Waals surface area contributed by atoms with Gasteiger partial charge in [0.15, 0.2) is 11.7 Å². The Balaban J connectivity index is 1.75. The van der Waals surface area contributed by atoms with Crippen LogP contribution in [-0.2, 0) is 19.1 Å². The average Bonchev–Trinajstić information content (AvgIpc) is 3.13. The largest absolute Gasteiger partial charge is 0.434 e. The van der Waals surface area contributed by atoms with Crippen LogP contribution in [0, 0.1) is 0 Å². The van der Waals surface area contributed by atoms with E-state index in [-0.39, 0.29) is 0 Å². The number of thiazole rings is 1. The summed E-state index contributed by atoms with van der Waals surface area (Å²) in [6, 6.07) is 3.98. The number of nitrogens with one attached hydrogen (secondary N) is 2. The van der Waals surface area contributed by atoms with Crippen molar-refractivity contribution in [2.24, 2.45) is 4.99 Å². The standard InChI is InChI=1S/C13H15F3N4S2/c1-17-12(19-7-9-3-2-6-21-9)18-5-4-11-20-10(8-22-11)13(14,15)16/h2-3,6,8H,4-5,7H2,1H3,(H2,17,18,19). The van der Waals surface area contributed by atoms with Crippen LogP contribution in [0.1, 0.15) is 15.6 Å². The smallest absolute Gasteiger partial charge is 0.356 e. The van der Waals surface area contributed by atoms with Crippen LogP contribution in [-0.4, -0.2) is 24.5 Å². The topological polar surface area (TPSA) is 49.3 Å². The molecule has 2 aromatic rings. The van der Waals surface area contributed by atoms with E-state index in [0.717, 1.165) is 16.7 Å². The van der Waals surface area contributed by atoms with Crippen LogP contribution >= 0.6 is 22.7 Å². The second-order valence-corrected chi connectivity index (χ2v) is 6.28. The summed E-state index contributed by atoms with van der Waals surface area (Å²) in [6.07, 6.45) is -3.96. The van der Waals surface area contributed by atoms with Crippen LogP contribution in [0.2, 0.25) is 0 Å². The Hall–Kier alpha value is -1.61. The normalized spacial score (nSPS) is 12.5. The summed E-state index contributed by atoms with van der Waals surface area (Å²) < 4.78 is 37.3. The molecule has 0 unspecified atom stereocenters. The second kappa shape index (κ2) is 7.59. The predicted octanol–water partition coefficient (Wildman–Crippen LogP) is 3.13. The van der Waals surface area contributed by atoms with Crippen molar-refractivity contribution in [1.29, 1.82) is 0 Å². The minimum atomic E-state index is -4.37. The fraction of sp³-hybridized carbons (Fsp3) is 0.385. The number of hydrogen-bond acceptors (Lipinski definition) is 4. The van der Waals surface area contributed by atoms with Gasteiger partial charge in [-0.3, -0.25) is 4.99 Å². The van der Waals surface area contributed by atoms with Crippen molar-refractivity contribution in [3.05, 3.63) is 38.5 Å². The molecule has 120 valence electrons. The zero-order chi connectivity index (χ0) is 16.0. The van der Waals surface area contributed by atoms with Crippen LogP contribution in [0.15, 0.2) is 27.9 Å². The van der Waals surface area contributed by atoms with Gasteiger partial charge < -0.3 is 10.6 Å². The molecule has 0 aliphatic carbocycles. The number of aromatic nitrogens is 1. The SMILES string of the molecule is CN=C(NCCc1nc(C(F)(F)F)cs1)NCc1cccs1. The number of hydrogen-bond donors (Lipinski definition) is 2. The molecule has 0 atom stereocenters. The molecule has 2 heterocycles. The Morgan fingerprint density at radius 3 is 2.73 bits per heavy atom. The first-order valence-electron chi connectivity index (χ1n) is 6.47. The fourth-order valence-corrected chi connectivity index (χ4v) is 3.10. The summed E-state index contributed by atoms with van der Waals surface area (Å²) in [7, 11) is 1.65. The van der Waals surface area contributed by atoms with Crippen LogP contribution in [0.3, 0.4) is 0 Å². The van der Waals surface area contributed by atoms with Gasteiger partial charge in [0.1, 0.15) is 0 Å². The molecule has 0 radical (unpaired) electrons. The van der Waals surface area contributed by atoms with Crippen molar-refractivity contribution in [3.8, 4) is 0 Å². The second-order valence-electron chi connectivity index (χ2n) is 4.31. The van der Waals surface area contributed by atoms with E-state index >= 15 is 0 Å². The summed E-state index contributed by atoms with van der Waals surface area (Å²) in [5, 5.41) is 9.68. The lowest BCUT2D eigenvalue weighted by Gasteiger charge is -2.10. The molecule has 0 aliphatic heterocycles. The summed E-state index contributed by atoms with van der Waals surface area (Å²) in [5.74, 6) is 0.612. The highest BCUT2D eigenvalue weighted by Crippen LogP contribution is 2.29. The third-order valence-corrected chi connectivity index (χ3v) is 4.49. The zero-order valence-corrected chi connectivity index (χ0v) is 13.4. The van der Waals surface area contributed by atoms with Crippen LogP contribution in [0.25, 0.3) is 0 Å². The summed E-state index contributed by atoms with van der Waals surface area (Å²) >= 11 is 2.66. The van der Waals surface area contributed by atoms with Gasteiger partial charge in [-0.1, -0.05) is 6.07 Å². The number of alkyl halides is 3. The Morgan fingerprint density at radius 2 is 2.14 bits per heavy atom. The van der Waals surface area contributed by atoms with Gasteiger partial charge in [0.2, 0.25) is 0 Å². The molecule has 0 bridgehead atoms. The van der Waals surface area contributed by atoms with E-state index < -0.39 is 11.9 Å². The van der Waals surface area contributed by atoms with Crippen molar-refractivity contribution >= 4 is 28.6 Å². The number of nitrogens with zero attached hydrogens (tertiary/aromatic N) is 2. The molecule has 0 spiro atoms. The number of guanidine groups is 1. The number of aliphatic imine (C=N–C) groups is 1. The third kappa shape index (κ3) is 4.99. The first-order valence-corrected chi connectivity index (χ1v) is 8.23. The molecule has 9 heteroatoms. The molecule has 2 rings (SSSR count). The lowest BCUT2D eigenvalue weighted by Crippen LogP contribution is -2.37. The van der Waals surface area contributed by atoms with Crippen molar-refractivity contribution in [2.45, 2.75) is 19.1 Å². The van der Waals surface area contributed by atoms with Gasteiger partial charge in [0.05, 0.1) is 11.6 Å². The van der Waals surface area contributed by atoms with E-state index in [0.29, 0.717) is 30.5 Å². The number of thiophene rings is 1. The molecular weight excluding hydrogens is 333 g/mol. The van der Waals surface area contributed by atoms with Crippen molar-refractivity contribution < 1.29 is 13.2 Å². The van der Waals surface area contributed by atoms with E-state index in [1.807, 2.05) is 17.5 Å². The highest BCUT2D eigenvalue weighted by molar-refractivity contribution is 7.10. The maximum absolute atomic E-state index is 12.4. The van der Waals surface area contributed by atoms with E-state index in [9.17, 15) is 13.2 Å². The van der Waals surface area contributed by atoms with Crippen molar-refractivity contribution in [3.63, 3.8) is 0 Å². The summed E-state index contributed by atoms with van der Waals surface area (Å²) in [5.41, 5.74) is -0.826. The lowest BCUT2D eigenvalue weighted by molar-refractivity contribution is -0.140. The predicted molar refractivity (Wildman–Crippen MR) is 83.3 cm³/mol. The number of halogens is 3. The molecule has 4 nitrogen and oxygen atoms in total. The van der Waals surface area contributed by atoms with Crippen LogP contribution in [0.5, 0.6) is 0 Å². The highest BCUT2D eigenvalue weighted by Gasteiger charge is 2.33. The summed E-state index contributed by atoms with van der Waals surface area (Å²) in [6.45, 7) is 1.13. The van der Waals surface area contributed by atoms with E-state index in [4.69, 9.17) is 0 Å². The van der Waals surface area contributed by atoms with Gasteiger partial charge in [0.25, 0.3) is 0 Å². The maximum Gasteiger partial charge on any atom is 0.434 e. The quantitative estimate of drug-likeness (QED) is 0.645. The van der Waals surface area contributed by atoms with Gasteiger partial charge in [-0.2, -0.15) is 13.2 Å². The molecule has 2 N–H and O–H groups in total. The Kier molecular flexibility index (Phi) is 5.78.